The van der Waals surface area contributed by atoms with Crippen molar-refractivity contribution in [1.82, 2.24) is 9.62 Å². The summed E-state index contributed by atoms with van der Waals surface area (Å²) in [5, 5.41) is 11.3. The second kappa shape index (κ2) is 3.60. The van der Waals surface area contributed by atoms with Crippen LogP contribution in [0.4, 0.5) is 0 Å². The monoisotopic (exact) mass is 208 g/mol. The van der Waals surface area contributed by atoms with Crippen molar-refractivity contribution >= 4 is 16.0 Å². The van der Waals surface area contributed by atoms with E-state index in [9.17, 15) is 13.2 Å². The fourth-order valence-corrected chi connectivity index (χ4v) is 2.13. The lowest BCUT2D eigenvalue weighted by Gasteiger charge is -2.34. The van der Waals surface area contributed by atoms with Crippen molar-refractivity contribution in [3.8, 4) is 0 Å². The first-order valence-corrected chi connectivity index (χ1v) is 5.42. The summed E-state index contributed by atoms with van der Waals surface area (Å²) in [6.07, 6.45) is 0. The van der Waals surface area contributed by atoms with E-state index in [4.69, 9.17) is 5.11 Å². The highest BCUT2D eigenvalue weighted by molar-refractivity contribution is 7.89. The van der Waals surface area contributed by atoms with Gasteiger partial charge in [0, 0.05) is 26.2 Å². The number of nitrogens with zero attached hydrogens (tertiary/aromatic N) is 1. The fraction of sp³-hybridized carbons (Fsp3) is 0.833. The Hall–Kier alpha value is -0.660. The fourth-order valence-electron chi connectivity index (χ4n) is 1.02. The molecule has 1 aliphatic heterocycles. The summed E-state index contributed by atoms with van der Waals surface area (Å²) in [7, 11) is -2.22. The van der Waals surface area contributed by atoms with Gasteiger partial charge in [0.1, 0.15) is 0 Å². The van der Waals surface area contributed by atoms with Gasteiger partial charge in [0.25, 0.3) is 0 Å². The smallest absolute Gasteiger partial charge is 0.320 e. The van der Waals surface area contributed by atoms with Crippen LogP contribution in [0, 0.1) is 0 Å². The minimum absolute atomic E-state index is 0.0932. The maximum Gasteiger partial charge on any atom is 0.320 e. The molecule has 0 aliphatic carbocycles. The van der Waals surface area contributed by atoms with Gasteiger partial charge in [-0.3, -0.25) is 4.79 Å². The van der Waals surface area contributed by atoms with Gasteiger partial charge in [-0.05, 0) is 0 Å². The van der Waals surface area contributed by atoms with Crippen LogP contribution in [0.1, 0.15) is 0 Å². The predicted molar refractivity (Wildman–Crippen MR) is 45.8 cm³/mol. The number of aliphatic carboxylic acids is 1. The molecule has 0 unspecified atom stereocenters. The molecule has 0 bridgehead atoms. The lowest BCUT2D eigenvalue weighted by atomic mass is 10.2. The van der Waals surface area contributed by atoms with Gasteiger partial charge >= 0.3 is 5.97 Å². The molecule has 2 N–H and O–H groups in total. The van der Waals surface area contributed by atoms with E-state index in [1.807, 2.05) is 0 Å². The molecule has 0 amide bonds. The molecule has 0 saturated carbocycles. The minimum atomic E-state index is -3.63. The summed E-state index contributed by atoms with van der Waals surface area (Å²) in [6.45, 7) is 1.19. The van der Waals surface area contributed by atoms with Crippen LogP contribution in [0.2, 0.25) is 0 Å². The maximum absolute atomic E-state index is 11.3. The number of rotatable bonds is 4. The summed E-state index contributed by atoms with van der Waals surface area (Å²) in [4.78, 5) is 10.2. The van der Waals surface area contributed by atoms with E-state index in [1.165, 1.54) is 7.05 Å². The van der Waals surface area contributed by atoms with Gasteiger partial charge in [0.05, 0.1) is 0 Å². The molecule has 0 aromatic heterocycles. The van der Waals surface area contributed by atoms with Crippen molar-refractivity contribution in [3.05, 3.63) is 0 Å². The number of sulfonamides is 1. The van der Waals surface area contributed by atoms with Gasteiger partial charge in [-0.15, -0.1) is 0 Å². The molecule has 1 fully saturated rings. The van der Waals surface area contributed by atoms with Gasteiger partial charge in [0.15, 0.2) is 5.75 Å². The predicted octanol–water partition coefficient (Wildman–Crippen LogP) is -1.70. The minimum Gasteiger partial charge on any atom is -0.480 e. The van der Waals surface area contributed by atoms with Crippen LogP contribution in [0.25, 0.3) is 0 Å². The second-order valence-corrected chi connectivity index (χ2v) is 5.01. The number of carbonyl (C=O) groups is 1. The summed E-state index contributed by atoms with van der Waals surface area (Å²) < 4.78 is 23.7. The Morgan fingerprint density at radius 2 is 2.15 bits per heavy atom. The third-order valence-corrected chi connectivity index (χ3v) is 3.81. The first kappa shape index (κ1) is 10.4. The van der Waals surface area contributed by atoms with Crippen LogP contribution in [0.3, 0.4) is 0 Å². The first-order chi connectivity index (χ1) is 5.93. The van der Waals surface area contributed by atoms with E-state index < -0.39 is 21.7 Å². The van der Waals surface area contributed by atoms with E-state index in [0.717, 1.165) is 4.31 Å². The van der Waals surface area contributed by atoms with Crippen LogP contribution in [-0.2, 0) is 14.8 Å². The molecule has 13 heavy (non-hydrogen) atoms. The topological polar surface area (TPSA) is 86.7 Å². The zero-order valence-electron chi connectivity index (χ0n) is 7.23. The van der Waals surface area contributed by atoms with Gasteiger partial charge in [-0.25, -0.2) is 8.42 Å². The molecule has 76 valence electrons. The highest BCUT2D eigenvalue weighted by Gasteiger charge is 2.31. The zero-order valence-corrected chi connectivity index (χ0v) is 8.04. The van der Waals surface area contributed by atoms with Crippen molar-refractivity contribution in [2.24, 2.45) is 0 Å². The Labute approximate surface area is 76.6 Å². The van der Waals surface area contributed by atoms with Crippen molar-refractivity contribution in [2.45, 2.75) is 6.04 Å². The van der Waals surface area contributed by atoms with Crippen LogP contribution >= 0.6 is 0 Å². The number of carboxylic acid groups (broad SMARTS) is 1. The highest BCUT2D eigenvalue weighted by Crippen LogP contribution is 2.08. The standard InChI is InChI=1S/C6H12N2O4S/c1-8(5-2-7-3-5)13(11,12)4-6(9)10/h5,7H,2-4H2,1H3,(H,9,10). The normalized spacial score (nSPS) is 18.6. The number of carboxylic acids is 1. The Morgan fingerprint density at radius 3 is 2.46 bits per heavy atom. The van der Waals surface area contributed by atoms with Gasteiger partial charge in [0.2, 0.25) is 10.0 Å². The Balaban J connectivity index is 2.62. The molecule has 0 radical (unpaired) electrons. The summed E-state index contributed by atoms with van der Waals surface area (Å²) >= 11 is 0. The summed E-state index contributed by atoms with van der Waals surface area (Å²) in [5.41, 5.74) is 0. The molecule has 1 saturated heterocycles. The van der Waals surface area contributed by atoms with E-state index in [0.29, 0.717) is 13.1 Å². The highest BCUT2D eigenvalue weighted by atomic mass is 32.2. The van der Waals surface area contributed by atoms with Crippen molar-refractivity contribution in [3.63, 3.8) is 0 Å². The first-order valence-electron chi connectivity index (χ1n) is 3.81. The zero-order chi connectivity index (χ0) is 10.1. The molecule has 1 rings (SSSR count). The van der Waals surface area contributed by atoms with Crippen molar-refractivity contribution in [2.75, 3.05) is 25.9 Å². The van der Waals surface area contributed by atoms with E-state index in [2.05, 4.69) is 5.32 Å². The molecule has 0 spiro atoms. The van der Waals surface area contributed by atoms with Gasteiger partial charge in [-0.2, -0.15) is 4.31 Å². The van der Waals surface area contributed by atoms with Crippen LogP contribution < -0.4 is 5.32 Å². The van der Waals surface area contributed by atoms with E-state index >= 15 is 0 Å². The second-order valence-electron chi connectivity index (χ2n) is 2.98. The lowest BCUT2D eigenvalue weighted by Crippen LogP contribution is -2.58. The Morgan fingerprint density at radius 1 is 1.62 bits per heavy atom. The lowest BCUT2D eigenvalue weighted by molar-refractivity contribution is -0.134. The van der Waals surface area contributed by atoms with Crippen LogP contribution in [-0.4, -0.2) is 55.7 Å². The van der Waals surface area contributed by atoms with Crippen LogP contribution in [0.15, 0.2) is 0 Å². The summed E-state index contributed by atoms with van der Waals surface area (Å²) in [6, 6.07) is -0.0932. The molecular formula is C6H12N2O4S. The molecule has 0 aromatic carbocycles. The van der Waals surface area contributed by atoms with Crippen molar-refractivity contribution in [1.29, 1.82) is 0 Å². The number of hydrogen-bond donors (Lipinski definition) is 2. The molecule has 0 atom stereocenters. The Bertz CT molecular complexity index is 296. The third-order valence-electron chi connectivity index (χ3n) is 2.02. The number of nitrogens with one attached hydrogen (secondary N) is 1. The molecule has 6 nitrogen and oxygen atoms in total. The molecule has 0 aromatic rings. The maximum atomic E-state index is 11.3. The van der Waals surface area contributed by atoms with Gasteiger partial charge < -0.3 is 10.4 Å². The molecule has 1 aliphatic rings. The third kappa shape index (κ3) is 2.39. The van der Waals surface area contributed by atoms with E-state index in [1.54, 1.807) is 0 Å². The van der Waals surface area contributed by atoms with Gasteiger partial charge in [-0.1, -0.05) is 0 Å². The van der Waals surface area contributed by atoms with Crippen LogP contribution in [0.5, 0.6) is 0 Å². The average molecular weight is 208 g/mol. The number of hydrogen-bond acceptors (Lipinski definition) is 4. The van der Waals surface area contributed by atoms with Crippen molar-refractivity contribution < 1.29 is 18.3 Å². The average Bonchev–Trinajstić information content (AvgIpc) is 1.79. The quantitative estimate of drug-likeness (QED) is 0.575. The Kier molecular flexibility index (Phi) is 2.89. The molecular weight excluding hydrogens is 196 g/mol. The SMILES string of the molecule is CN(C1CNC1)S(=O)(=O)CC(=O)O. The summed E-state index contributed by atoms with van der Waals surface area (Å²) in [5.74, 6) is -2.15. The number of likely N-dealkylation sites (N-methyl/N-ethyl adjacent to an activating group) is 1. The molecule has 1 heterocycles. The van der Waals surface area contributed by atoms with E-state index in [-0.39, 0.29) is 6.04 Å². The largest absolute Gasteiger partial charge is 0.480 e. The molecule has 7 heteroatoms.